The summed E-state index contributed by atoms with van der Waals surface area (Å²) in [4.78, 5) is 52.6. The van der Waals surface area contributed by atoms with E-state index in [-0.39, 0.29) is 41.9 Å². The molecule has 1 heterocycles. The van der Waals surface area contributed by atoms with Crippen LogP contribution in [-0.4, -0.2) is 41.7 Å². The predicted octanol–water partition coefficient (Wildman–Crippen LogP) is 4.76. The highest BCUT2D eigenvalue weighted by Gasteiger charge is 2.61. The molecule has 3 aromatic rings. The van der Waals surface area contributed by atoms with Crippen LogP contribution >= 0.6 is 0 Å². The number of unbranched alkanes of at least 4 members (excludes halogenated alkanes) is 2. The standard InChI is InChI=1S/C32H29FN2O5/c33-19-13-15-20(16-14-19)34-25(36)18-40-26(37)12-2-1-7-17-35-31(38)29-27-21-8-3-4-9-22(21)28(30(29)32(35)39)24-11-6-5-10-23(24)27/h3-6,8-11,13-16,27-30H,1-2,7,12,17-18H2,(H,34,36)/t27?,28?,29-,30+. The Hall–Kier alpha value is -4.33. The molecule has 0 unspecified atom stereocenters. The van der Waals surface area contributed by atoms with Crippen LogP contribution in [0.3, 0.4) is 0 Å². The number of anilines is 1. The number of hydrogen-bond acceptors (Lipinski definition) is 5. The van der Waals surface area contributed by atoms with Crippen molar-refractivity contribution in [3.63, 3.8) is 0 Å². The molecule has 3 aromatic carbocycles. The number of likely N-dealkylation sites (tertiary alicyclic amines) is 1. The number of benzene rings is 3. The number of imide groups is 1. The summed E-state index contributed by atoms with van der Waals surface area (Å²) in [5.74, 6) is -2.59. The number of nitrogens with one attached hydrogen (secondary N) is 1. The van der Waals surface area contributed by atoms with Crippen molar-refractivity contribution in [1.29, 1.82) is 0 Å². The van der Waals surface area contributed by atoms with Crippen molar-refractivity contribution in [3.8, 4) is 0 Å². The van der Waals surface area contributed by atoms with Gasteiger partial charge in [0, 0.05) is 30.5 Å². The molecule has 8 heteroatoms. The highest BCUT2D eigenvalue weighted by Crippen LogP contribution is 2.60. The van der Waals surface area contributed by atoms with Crippen LogP contribution in [0.4, 0.5) is 10.1 Å². The van der Waals surface area contributed by atoms with Gasteiger partial charge in [-0.05, 0) is 59.4 Å². The molecule has 4 aliphatic rings. The summed E-state index contributed by atoms with van der Waals surface area (Å²) in [7, 11) is 0. The molecular weight excluding hydrogens is 511 g/mol. The lowest BCUT2D eigenvalue weighted by molar-refractivity contribution is -0.147. The molecule has 1 saturated heterocycles. The number of halogens is 1. The maximum absolute atomic E-state index is 13.6. The zero-order chi connectivity index (χ0) is 27.8. The highest BCUT2D eigenvalue weighted by atomic mass is 19.1. The van der Waals surface area contributed by atoms with Crippen molar-refractivity contribution in [1.82, 2.24) is 4.90 Å². The van der Waals surface area contributed by atoms with Crippen molar-refractivity contribution in [2.45, 2.75) is 37.5 Å². The number of nitrogens with zero attached hydrogens (tertiary/aromatic N) is 1. The fourth-order valence-corrected chi connectivity index (χ4v) is 6.62. The molecule has 40 heavy (non-hydrogen) atoms. The van der Waals surface area contributed by atoms with Crippen LogP contribution in [-0.2, 0) is 23.9 Å². The average molecular weight is 541 g/mol. The number of rotatable bonds is 9. The van der Waals surface area contributed by atoms with E-state index in [1.807, 2.05) is 24.3 Å². The van der Waals surface area contributed by atoms with Gasteiger partial charge in [-0.15, -0.1) is 0 Å². The molecule has 3 amide bonds. The highest BCUT2D eigenvalue weighted by molar-refractivity contribution is 6.07. The molecule has 1 N–H and O–H groups in total. The fraction of sp³-hybridized carbons (Fsp3) is 0.312. The smallest absolute Gasteiger partial charge is 0.306 e. The van der Waals surface area contributed by atoms with E-state index in [9.17, 15) is 23.6 Å². The summed E-state index contributed by atoms with van der Waals surface area (Å²) >= 11 is 0. The summed E-state index contributed by atoms with van der Waals surface area (Å²) in [6.07, 6.45) is 1.87. The Labute approximate surface area is 231 Å². The zero-order valence-electron chi connectivity index (χ0n) is 21.8. The Kier molecular flexibility index (Phi) is 6.92. The Morgan fingerprint density at radius 2 is 1.27 bits per heavy atom. The van der Waals surface area contributed by atoms with Gasteiger partial charge in [-0.2, -0.15) is 0 Å². The lowest BCUT2D eigenvalue weighted by atomic mass is 9.55. The van der Waals surface area contributed by atoms with Gasteiger partial charge in [0.2, 0.25) is 11.8 Å². The average Bonchev–Trinajstić information content (AvgIpc) is 3.22. The number of ether oxygens (including phenoxy) is 1. The first-order valence-corrected chi connectivity index (χ1v) is 13.7. The van der Waals surface area contributed by atoms with Gasteiger partial charge in [-0.3, -0.25) is 24.1 Å². The van der Waals surface area contributed by atoms with Gasteiger partial charge in [0.05, 0.1) is 11.8 Å². The molecule has 7 rings (SSSR count). The molecule has 0 saturated carbocycles. The van der Waals surface area contributed by atoms with E-state index in [1.54, 1.807) is 0 Å². The van der Waals surface area contributed by atoms with E-state index < -0.39 is 24.3 Å². The van der Waals surface area contributed by atoms with Crippen LogP contribution in [0.25, 0.3) is 0 Å². The van der Waals surface area contributed by atoms with Gasteiger partial charge in [0.1, 0.15) is 5.82 Å². The number of hydrogen-bond donors (Lipinski definition) is 1. The van der Waals surface area contributed by atoms with Crippen LogP contribution in [0.2, 0.25) is 0 Å². The van der Waals surface area contributed by atoms with E-state index in [2.05, 4.69) is 29.6 Å². The lowest BCUT2D eigenvalue weighted by Crippen LogP contribution is -2.41. The molecule has 2 bridgehead atoms. The third-order valence-electron chi connectivity index (χ3n) is 8.29. The van der Waals surface area contributed by atoms with E-state index in [0.717, 1.165) is 22.3 Å². The van der Waals surface area contributed by atoms with Crippen molar-refractivity contribution in [2.75, 3.05) is 18.5 Å². The predicted molar refractivity (Wildman–Crippen MR) is 145 cm³/mol. The Morgan fingerprint density at radius 1 is 0.750 bits per heavy atom. The minimum Gasteiger partial charge on any atom is -0.456 e. The van der Waals surface area contributed by atoms with Crippen LogP contribution < -0.4 is 5.32 Å². The number of amides is 3. The molecule has 0 spiro atoms. The SMILES string of the molecule is O=C(COC(=O)CCCCCN1C(=O)[C@@H]2C3c4ccccc4C(c4ccccc43)[C@@H]2C1=O)Nc1ccc(F)cc1. The summed E-state index contributed by atoms with van der Waals surface area (Å²) in [5.41, 5.74) is 5.02. The van der Waals surface area contributed by atoms with Gasteiger partial charge in [0.15, 0.2) is 6.61 Å². The maximum atomic E-state index is 13.6. The molecule has 0 aromatic heterocycles. The van der Waals surface area contributed by atoms with Crippen molar-refractivity contribution < 1.29 is 28.3 Å². The van der Waals surface area contributed by atoms with Gasteiger partial charge >= 0.3 is 5.97 Å². The van der Waals surface area contributed by atoms with Crippen LogP contribution in [0.15, 0.2) is 72.8 Å². The first-order chi connectivity index (χ1) is 19.4. The molecule has 7 nitrogen and oxygen atoms in total. The zero-order valence-corrected chi connectivity index (χ0v) is 21.8. The van der Waals surface area contributed by atoms with Gasteiger partial charge < -0.3 is 10.1 Å². The molecule has 0 radical (unpaired) electrons. The summed E-state index contributed by atoms with van der Waals surface area (Å²) in [6, 6.07) is 21.6. The third-order valence-corrected chi connectivity index (χ3v) is 8.29. The molecular formula is C32H29FN2O5. The normalized spacial score (nSPS) is 22.0. The second-order valence-corrected chi connectivity index (χ2v) is 10.6. The van der Waals surface area contributed by atoms with Gasteiger partial charge in [-0.1, -0.05) is 55.0 Å². The third kappa shape index (κ3) is 4.57. The molecule has 204 valence electrons. The molecule has 3 aliphatic carbocycles. The minimum atomic E-state index is -0.509. The van der Waals surface area contributed by atoms with Crippen molar-refractivity contribution in [3.05, 3.63) is 101 Å². The number of carbonyl (C=O) groups is 4. The monoisotopic (exact) mass is 540 g/mol. The summed E-state index contributed by atoms with van der Waals surface area (Å²) in [6.45, 7) is -0.102. The largest absolute Gasteiger partial charge is 0.456 e. The first kappa shape index (κ1) is 25.9. The quantitative estimate of drug-likeness (QED) is 0.240. The number of carbonyl (C=O) groups excluding carboxylic acids is 4. The topological polar surface area (TPSA) is 92.8 Å². The van der Waals surface area contributed by atoms with Crippen LogP contribution in [0.5, 0.6) is 0 Å². The minimum absolute atomic E-state index is 0.0967. The fourth-order valence-electron chi connectivity index (χ4n) is 6.62. The summed E-state index contributed by atoms with van der Waals surface area (Å²) < 4.78 is 18.0. The van der Waals surface area contributed by atoms with E-state index in [4.69, 9.17) is 4.74 Å². The van der Waals surface area contributed by atoms with Crippen LogP contribution in [0, 0.1) is 17.7 Å². The van der Waals surface area contributed by atoms with E-state index in [1.165, 1.54) is 29.2 Å². The van der Waals surface area contributed by atoms with Crippen molar-refractivity contribution >= 4 is 29.4 Å². The molecule has 1 aliphatic heterocycles. The molecule has 1 fully saturated rings. The van der Waals surface area contributed by atoms with Gasteiger partial charge in [0.25, 0.3) is 5.91 Å². The second-order valence-electron chi connectivity index (χ2n) is 10.6. The van der Waals surface area contributed by atoms with E-state index >= 15 is 0 Å². The van der Waals surface area contributed by atoms with Crippen LogP contribution in [0.1, 0.15) is 59.8 Å². The molecule has 2 atom stereocenters. The first-order valence-electron chi connectivity index (χ1n) is 13.7. The van der Waals surface area contributed by atoms with E-state index in [0.29, 0.717) is 31.5 Å². The Balaban J connectivity index is 1.000. The second kappa shape index (κ2) is 10.7. The Morgan fingerprint density at radius 3 is 1.80 bits per heavy atom. The van der Waals surface area contributed by atoms with Crippen molar-refractivity contribution in [2.24, 2.45) is 11.8 Å². The maximum Gasteiger partial charge on any atom is 0.306 e. The van der Waals surface area contributed by atoms with Gasteiger partial charge in [-0.25, -0.2) is 4.39 Å². The lowest BCUT2D eigenvalue weighted by Gasteiger charge is -2.45. The summed E-state index contributed by atoms with van der Waals surface area (Å²) in [5, 5.41) is 2.53. The Bertz CT molecular complexity index is 1370. The number of esters is 1.